The van der Waals surface area contributed by atoms with Gasteiger partial charge in [0.1, 0.15) is 0 Å². The van der Waals surface area contributed by atoms with Crippen molar-refractivity contribution in [3.05, 3.63) is 53.6 Å². The summed E-state index contributed by atoms with van der Waals surface area (Å²) < 4.78 is 43.7. The van der Waals surface area contributed by atoms with Gasteiger partial charge in [-0.3, -0.25) is 4.79 Å². The number of benzene rings is 2. The quantitative estimate of drug-likeness (QED) is 0.633. The lowest BCUT2D eigenvalue weighted by Crippen LogP contribution is -2.32. The fourth-order valence-electron chi connectivity index (χ4n) is 3.49. The molecule has 1 atom stereocenters. The van der Waals surface area contributed by atoms with E-state index in [1.54, 1.807) is 27.3 Å². The molecule has 1 fully saturated rings. The molecule has 1 saturated heterocycles. The second-order valence-corrected chi connectivity index (χ2v) is 9.09. The van der Waals surface area contributed by atoms with Crippen molar-refractivity contribution < 1.29 is 27.4 Å². The van der Waals surface area contributed by atoms with E-state index in [2.05, 4.69) is 4.72 Å². The molecule has 0 radical (unpaired) electrons. The second-order valence-electron chi connectivity index (χ2n) is 7.33. The van der Waals surface area contributed by atoms with E-state index >= 15 is 0 Å². The van der Waals surface area contributed by atoms with Crippen LogP contribution in [0.4, 0.5) is 0 Å². The first-order valence-corrected chi connectivity index (χ1v) is 11.5. The third kappa shape index (κ3) is 5.55. The number of rotatable bonds is 9. The van der Waals surface area contributed by atoms with Gasteiger partial charge in [-0.2, -0.15) is 0 Å². The number of nitrogens with one attached hydrogen (secondary N) is 1. The van der Waals surface area contributed by atoms with Gasteiger partial charge in [0.05, 0.1) is 25.2 Å². The summed E-state index contributed by atoms with van der Waals surface area (Å²) in [5, 5.41) is 0. The minimum Gasteiger partial charge on any atom is -0.493 e. The van der Waals surface area contributed by atoms with Crippen LogP contribution in [0.25, 0.3) is 0 Å². The molecular weight excluding hydrogens is 420 g/mol. The fourth-order valence-corrected chi connectivity index (χ4v) is 4.56. The molecule has 1 unspecified atom stereocenters. The maximum atomic E-state index is 12.8. The molecule has 9 heteroatoms. The molecular formula is C22H28N2O6S. The number of carbonyl (C=O) groups is 1. The summed E-state index contributed by atoms with van der Waals surface area (Å²) in [5.41, 5.74) is 1.19. The Morgan fingerprint density at radius 1 is 1.16 bits per heavy atom. The first-order chi connectivity index (χ1) is 14.9. The van der Waals surface area contributed by atoms with Crippen LogP contribution >= 0.6 is 0 Å². The summed E-state index contributed by atoms with van der Waals surface area (Å²) in [7, 11) is 1.12. The van der Waals surface area contributed by atoms with Crippen LogP contribution < -0.4 is 14.2 Å². The van der Waals surface area contributed by atoms with Crippen molar-refractivity contribution in [3.8, 4) is 11.5 Å². The van der Waals surface area contributed by atoms with Gasteiger partial charge in [0.25, 0.3) is 5.91 Å². The number of amides is 1. The molecule has 31 heavy (non-hydrogen) atoms. The maximum Gasteiger partial charge on any atom is 0.253 e. The minimum atomic E-state index is -3.66. The van der Waals surface area contributed by atoms with Crippen LogP contribution in [0.3, 0.4) is 0 Å². The molecule has 8 nitrogen and oxygen atoms in total. The van der Waals surface area contributed by atoms with Crippen molar-refractivity contribution in [2.45, 2.75) is 30.4 Å². The van der Waals surface area contributed by atoms with Crippen molar-refractivity contribution in [3.63, 3.8) is 0 Å². The average Bonchev–Trinajstić information content (AvgIpc) is 3.31. The van der Waals surface area contributed by atoms with E-state index in [-0.39, 0.29) is 23.5 Å². The molecule has 2 aromatic rings. The van der Waals surface area contributed by atoms with Gasteiger partial charge in [-0.05, 0) is 43.2 Å². The SMILES string of the molecule is COc1cccc(CN(C)C(=O)c2ccc(S(=O)(=O)NCC3CCCO3)cc2)c1OC. The number of hydrogen-bond acceptors (Lipinski definition) is 6. The summed E-state index contributed by atoms with van der Waals surface area (Å²) in [6, 6.07) is 11.4. The highest BCUT2D eigenvalue weighted by molar-refractivity contribution is 7.89. The van der Waals surface area contributed by atoms with E-state index in [4.69, 9.17) is 14.2 Å². The Kier molecular flexibility index (Phi) is 7.53. The predicted molar refractivity (Wildman–Crippen MR) is 116 cm³/mol. The Labute approximate surface area is 183 Å². The van der Waals surface area contributed by atoms with Gasteiger partial charge in [0.2, 0.25) is 10.0 Å². The number of para-hydroxylation sites is 1. The van der Waals surface area contributed by atoms with Crippen LogP contribution in [0, 0.1) is 0 Å². The summed E-state index contributed by atoms with van der Waals surface area (Å²) in [6.45, 7) is 1.22. The van der Waals surface area contributed by atoms with Gasteiger partial charge in [-0.1, -0.05) is 12.1 Å². The Hall–Kier alpha value is -2.62. The number of methoxy groups -OCH3 is 2. The van der Waals surface area contributed by atoms with Crippen LogP contribution in [0.1, 0.15) is 28.8 Å². The topological polar surface area (TPSA) is 94.2 Å². The number of nitrogens with zero attached hydrogens (tertiary/aromatic N) is 1. The molecule has 0 spiro atoms. The highest BCUT2D eigenvalue weighted by Gasteiger charge is 2.21. The number of hydrogen-bond donors (Lipinski definition) is 1. The Bertz CT molecular complexity index is 1000. The van der Waals surface area contributed by atoms with Gasteiger partial charge < -0.3 is 19.1 Å². The lowest BCUT2D eigenvalue weighted by Gasteiger charge is -2.20. The van der Waals surface area contributed by atoms with Crippen LogP contribution in [0.5, 0.6) is 11.5 Å². The maximum absolute atomic E-state index is 12.8. The second kappa shape index (κ2) is 10.1. The van der Waals surface area contributed by atoms with Crippen molar-refractivity contribution in [2.24, 2.45) is 0 Å². The zero-order valence-electron chi connectivity index (χ0n) is 18.0. The molecule has 0 bridgehead atoms. The van der Waals surface area contributed by atoms with E-state index < -0.39 is 10.0 Å². The standard InChI is InChI=1S/C22H28N2O6S/c1-24(15-17-6-4-8-20(28-2)21(17)29-3)22(25)16-9-11-19(12-10-16)31(26,27)23-14-18-7-5-13-30-18/h4,6,8-12,18,23H,5,7,13-15H2,1-3H3. The zero-order chi connectivity index (χ0) is 22.4. The highest BCUT2D eigenvalue weighted by atomic mass is 32.2. The highest BCUT2D eigenvalue weighted by Crippen LogP contribution is 2.31. The Balaban J connectivity index is 1.67. The zero-order valence-corrected chi connectivity index (χ0v) is 18.8. The Morgan fingerprint density at radius 3 is 2.52 bits per heavy atom. The third-order valence-corrected chi connectivity index (χ3v) is 6.61. The molecule has 1 N–H and O–H groups in total. The van der Waals surface area contributed by atoms with Gasteiger partial charge in [-0.25, -0.2) is 13.1 Å². The van der Waals surface area contributed by atoms with Crippen LogP contribution in [-0.4, -0.2) is 59.7 Å². The molecule has 1 heterocycles. The predicted octanol–water partition coefficient (Wildman–Crippen LogP) is 2.43. The van der Waals surface area contributed by atoms with Crippen molar-refractivity contribution in [1.29, 1.82) is 0 Å². The molecule has 3 rings (SSSR count). The normalized spacial score (nSPS) is 16.2. The fraction of sp³-hybridized carbons (Fsp3) is 0.409. The lowest BCUT2D eigenvalue weighted by molar-refractivity contribution is 0.0784. The average molecular weight is 449 g/mol. The third-order valence-electron chi connectivity index (χ3n) is 5.18. The van der Waals surface area contributed by atoms with E-state index in [0.717, 1.165) is 18.4 Å². The van der Waals surface area contributed by atoms with Crippen molar-refractivity contribution >= 4 is 15.9 Å². The van der Waals surface area contributed by atoms with E-state index in [0.29, 0.717) is 30.2 Å². The van der Waals surface area contributed by atoms with Crippen LogP contribution in [-0.2, 0) is 21.3 Å². The van der Waals surface area contributed by atoms with E-state index in [9.17, 15) is 13.2 Å². The molecule has 1 aliphatic heterocycles. The number of carbonyl (C=O) groups excluding carboxylic acids is 1. The van der Waals surface area contributed by atoms with Crippen molar-refractivity contribution in [1.82, 2.24) is 9.62 Å². The van der Waals surface area contributed by atoms with Crippen LogP contribution in [0.15, 0.2) is 47.4 Å². The minimum absolute atomic E-state index is 0.0853. The summed E-state index contributed by atoms with van der Waals surface area (Å²) in [4.78, 5) is 14.5. The molecule has 0 aromatic heterocycles. The van der Waals surface area contributed by atoms with Gasteiger partial charge in [0, 0.05) is 37.9 Å². The monoisotopic (exact) mass is 448 g/mol. The molecule has 0 aliphatic carbocycles. The first kappa shape index (κ1) is 23.1. The Morgan fingerprint density at radius 2 is 1.90 bits per heavy atom. The van der Waals surface area contributed by atoms with Gasteiger partial charge in [-0.15, -0.1) is 0 Å². The lowest BCUT2D eigenvalue weighted by atomic mass is 10.1. The number of ether oxygens (including phenoxy) is 3. The van der Waals surface area contributed by atoms with Crippen LogP contribution in [0.2, 0.25) is 0 Å². The molecule has 2 aromatic carbocycles. The van der Waals surface area contributed by atoms with Gasteiger partial charge in [0.15, 0.2) is 11.5 Å². The van der Waals surface area contributed by atoms with Gasteiger partial charge >= 0.3 is 0 Å². The summed E-state index contributed by atoms with van der Waals surface area (Å²) in [5.74, 6) is 0.926. The van der Waals surface area contributed by atoms with Crippen molar-refractivity contribution in [2.75, 3.05) is 34.4 Å². The smallest absolute Gasteiger partial charge is 0.253 e. The first-order valence-electron chi connectivity index (χ1n) is 10.0. The molecule has 1 aliphatic rings. The molecule has 1 amide bonds. The molecule has 168 valence electrons. The summed E-state index contributed by atoms with van der Waals surface area (Å²) in [6.07, 6.45) is 1.71. The summed E-state index contributed by atoms with van der Waals surface area (Å²) >= 11 is 0. The number of sulfonamides is 1. The van der Waals surface area contributed by atoms with E-state index in [1.807, 2.05) is 12.1 Å². The van der Waals surface area contributed by atoms with E-state index in [1.165, 1.54) is 29.2 Å². The molecule has 0 saturated carbocycles. The largest absolute Gasteiger partial charge is 0.493 e.